The Bertz CT molecular complexity index is 560. The van der Waals surface area contributed by atoms with Gasteiger partial charge >= 0.3 is 0 Å². The van der Waals surface area contributed by atoms with E-state index in [2.05, 4.69) is 4.98 Å². The van der Waals surface area contributed by atoms with Gasteiger partial charge in [0.25, 0.3) is 10.0 Å². The summed E-state index contributed by atoms with van der Waals surface area (Å²) in [4.78, 5) is 14.8. The second-order valence-corrected chi connectivity index (χ2v) is 6.15. The molecule has 100 valence electrons. The van der Waals surface area contributed by atoms with Crippen molar-refractivity contribution in [2.24, 2.45) is 18.7 Å². The molecule has 1 aliphatic rings. The summed E-state index contributed by atoms with van der Waals surface area (Å²) in [5, 5.41) is -0.0485. The quantitative estimate of drug-likeness (QED) is 0.693. The average Bonchev–Trinajstić information content (AvgIpc) is 2.85. The number of sulfonamides is 1. The normalized spacial score (nSPS) is 21.3. The van der Waals surface area contributed by atoms with Crippen molar-refractivity contribution in [3.63, 3.8) is 0 Å². The first-order valence-electron chi connectivity index (χ1n) is 5.40. The van der Waals surface area contributed by atoms with Gasteiger partial charge < -0.3 is 16.0 Å². The van der Waals surface area contributed by atoms with E-state index in [1.165, 1.54) is 15.2 Å². The third-order valence-electron chi connectivity index (χ3n) is 3.05. The number of primary amides is 1. The van der Waals surface area contributed by atoms with E-state index in [0.29, 0.717) is 6.42 Å². The number of hydrogen-bond acceptors (Lipinski definition) is 5. The van der Waals surface area contributed by atoms with Crippen LogP contribution in [0.15, 0.2) is 11.4 Å². The zero-order valence-electron chi connectivity index (χ0n) is 9.91. The Hall–Kier alpha value is -1.61. The van der Waals surface area contributed by atoms with Gasteiger partial charge in [-0.2, -0.15) is 4.31 Å². The van der Waals surface area contributed by atoms with Gasteiger partial charge in [-0.25, -0.2) is 13.4 Å². The Morgan fingerprint density at radius 1 is 1.56 bits per heavy atom. The molecule has 0 aliphatic carbocycles. The monoisotopic (exact) mass is 273 g/mol. The maximum absolute atomic E-state index is 12.3. The molecule has 1 saturated heterocycles. The van der Waals surface area contributed by atoms with Gasteiger partial charge in [0.05, 0.1) is 12.2 Å². The molecule has 0 bridgehead atoms. The van der Waals surface area contributed by atoms with Crippen molar-refractivity contribution >= 4 is 21.7 Å². The average molecular weight is 273 g/mol. The van der Waals surface area contributed by atoms with E-state index in [0.717, 1.165) is 0 Å². The molecule has 1 aromatic heterocycles. The molecule has 0 saturated carbocycles. The van der Waals surface area contributed by atoms with Crippen LogP contribution in [0, 0.1) is 5.92 Å². The van der Waals surface area contributed by atoms with Crippen molar-refractivity contribution in [1.82, 2.24) is 13.9 Å². The van der Waals surface area contributed by atoms with Gasteiger partial charge in [0.1, 0.15) is 0 Å². The molecule has 0 spiro atoms. The molecule has 1 aliphatic heterocycles. The van der Waals surface area contributed by atoms with Crippen molar-refractivity contribution in [3.8, 4) is 0 Å². The van der Waals surface area contributed by atoms with E-state index >= 15 is 0 Å². The summed E-state index contributed by atoms with van der Waals surface area (Å²) < 4.78 is 27.2. The number of nitrogen functional groups attached to an aromatic ring is 1. The smallest absolute Gasteiger partial charge is 0.262 e. The topological polar surface area (TPSA) is 124 Å². The van der Waals surface area contributed by atoms with Crippen LogP contribution in [0.4, 0.5) is 5.82 Å². The Balaban J connectivity index is 2.32. The number of carbonyl (C=O) groups is 1. The van der Waals surface area contributed by atoms with E-state index in [9.17, 15) is 13.2 Å². The number of anilines is 1. The predicted octanol–water partition coefficient (Wildman–Crippen LogP) is -1.50. The van der Waals surface area contributed by atoms with Crippen LogP contribution in [-0.2, 0) is 21.9 Å². The Morgan fingerprint density at radius 2 is 2.22 bits per heavy atom. The molecular weight excluding hydrogens is 258 g/mol. The summed E-state index contributed by atoms with van der Waals surface area (Å²) in [5.74, 6) is -0.958. The number of nitrogens with zero attached hydrogens (tertiary/aromatic N) is 3. The fourth-order valence-corrected chi connectivity index (χ4v) is 3.75. The van der Waals surface area contributed by atoms with Crippen LogP contribution in [0.3, 0.4) is 0 Å². The van der Waals surface area contributed by atoms with E-state index in [1.807, 2.05) is 0 Å². The van der Waals surface area contributed by atoms with Crippen LogP contribution >= 0.6 is 0 Å². The van der Waals surface area contributed by atoms with Crippen LogP contribution in [0.1, 0.15) is 6.42 Å². The number of imidazole rings is 1. The lowest BCUT2D eigenvalue weighted by molar-refractivity contribution is -0.121. The molecule has 0 radical (unpaired) electrons. The van der Waals surface area contributed by atoms with Gasteiger partial charge in [-0.05, 0) is 6.42 Å². The Morgan fingerprint density at radius 3 is 2.67 bits per heavy atom. The number of carbonyl (C=O) groups excluding carboxylic acids is 1. The first-order chi connectivity index (χ1) is 8.34. The number of nitrogens with two attached hydrogens (primary N) is 2. The van der Waals surface area contributed by atoms with Gasteiger partial charge in [-0.1, -0.05) is 0 Å². The Kier molecular flexibility index (Phi) is 3.03. The maximum Gasteiger partial charge on any atom is 0.262 e. The molecule has 2 heterocycles. The van der Waals surface area contributed by atoms with Crippen LogP contribution < -0.4 is 11.5 Å². The number of amides is 1. The molecule has 1 amide bonds. The lowest BCUT2D eigenvalue weighted by Gasteiger charge is -2.16. The second-order valence-electron chi connectivity index (χ2n) is 4.30. The minimum atomic E-state index is -3.72. The minimum absolute atomic E-state index is 0.0416. The molecule has 0 aromatic carbocycles. The molecule has 1 aromatic rings. The number of rotatable bonds is 3. The number of hydrogen-bond donors (Lipinski definition) is 2. The molecule has 2 rings (SSSR count). The number of aryl methyl sites for hydroxylation is 1. The van der Waals surface area contributed by atoms with Crippen molar-refractivity contribution in [2.45, 2.75) is 11.4 Å². The highest BCUT2D eigenvalue weighted by molar-refractivity contribution is 7.89. The van der Waals surface area contributed by atoms with Crippen LogP contribution in [0.2, 0.25) is 0 Å². The summed E-state index contributed by atoms with van der Waals surface area (Å²) in [6.45, 7) is 0.364. The zero-order valence-corrected chi connectivity index (χ0v) is 10.7. The first-order valence-corrected chi connectivity index (χ1v) is 6.84. The summed E-state index contributed by atoms with van der Waals surface area (Å²) in [7, 11) is -2.17. The highest BCUT2D eigenvalue weighted by Gasteiger charge is 2.37. The maximum atomic E-state index is 12.3. The largest absolute Gasteiger partial charge is 0.381 e. The van der Waals surface area contributed by atoms with Crippen molar-refractivity contribution in [3.05, 3.63) is 6.33 Å². The number of aromatic nitrogens is 2. The van der Waals surface area contributed by atoms with E-state index < -0.39 is 21.8 Å². The summed E-state index contributed by atoms with van der Waals surface area (Å²) >= 11 is 0. The molecule has 4 N–H and O–H groups in total. The SMILES string of the molecule is Cn1cnc(N)c1S(=O)(=O)N1CCC(C(N)=O)C1. The van der Waals surface area contributed by atoms with Crippen LogP contribution in [0.5, 0.6) is 0 Å². The Labute approximate surface area is 105 Å². The standard InChI is InChI=1S/C9H15N5O3S/c1-13-5-12-7(10)9(13)18(16,17)14-3-2-6(4-14)8(11)15/h5-6H,2-4,10H2,1H3,(H2,11,15). The van der Waals surface area contributed by atoms with Crippen molar-refractivity contribution in [1.29, 1.82) is 0 Å². The third kappa shape index (κ3) is 1.95. The summed E-state index contributed by atoms with van der Waals surface area (Å²) in [6, 6.07) is 0. The van der Waals surface area contributed by atoms with Gasteiger partial charge in [0, 0.05) is 20.1 Å². The van der Waals surface area contributed by atoms with Gasteiger partial charge in [0.2, 0.25) is 5.91 Å². The fourth-order valence-electron chi connectivity index (χ4n) is 2.05. The van der Waals surface area contributed by atoms with Crippen LogP contribution in [-0.4, -0.2) is 41.3 Å². The molecule has 9 heteroatoms. The molecule has 1 fully saturated rings. The van der Waals surface area contributed by atoms with Gasteiger partial charge in [0.15, 0.2) is 10.8 Å². The first kappa shape index (κ1) is 12.8. The molecule has 18 heavy (non-hydrogen) atoms. The second kappa shape index (κ2) is 4.25. The zero-order chi connectivity index (χ0) is 13.5. The summed E-state index contributed by atoms with van der Waals surface area (Å²) in [6.07, 6.45) is 1.77. The van der Waals surface area contributed by atoms with E-state index in [4.69, 9.17) is 11.5 Å². The molecule has 1 unspecified atom stereocenters. The van der Waals surface area contributed by atoms with E-state index in [1.54, 1.807) is 7.05 Å². The molecular formula is C9H15N5O3S. The highest BCUT2D eigenvalue weighted by atomic mass is 32.2. The summed E-state index contributed by atoms with van der Waals surface area (Å²) in [5.41, 5.74) is 10.7. The van der Waals surface area contributed by atoms with Gasteiger partial charge in [-0.15, -0.1) is 0 Å². The van der Waals surface area contributed by atoms with Gasteiger partial charge in [-0.3, -0.25) is 4.79 Å². The highest BCUT2D eigenvalue weighted by Crippen LogP contribution is 2.26. The van der Waals surface area contributed by atoms with Crippen molar-refractivity contribution < 1.29 is 13.2 Å². The fraction of sp³-hybridized carbons (Fsp3) is 0.556. The third-order valence-corrected chi connectivity index (χ3v) is 5.04. The van der Waals surface area contributed by atoms with Crippen molar-refractivity contribution in [2.75, 3.05) is 18.8 Å². The minimum Gasteiger partial charge on any atom is -0.381 e. The van der Waals surface area contributed by atoms with E-state index in [-0.39, 0.29) is 23.9 Å². The lowest BCUT2D eigenvalue weighted by Crippen LogP contribution is -2.33. The predicted molar refractivity (Wildman–Crippen MR) is 63.7 cm³/mol. The molecule has 8 nitrogen and oxygen atoms in total. The molecule has 1 atom stereocenters. The van der Waals surface area contributed by atoms with Crippen LogP contribution in [0.25, 0.3) is 0 Å². The lowest BCUT2D eigenvalue weighted by atomic mass is 10.1.